The molecule has 6 heterocycles. The van der Waals surface area contributed by atoms with E-state index in [0.717, 1.165) is 0 Å². The smallest absolute Gasteiger partial charge is 0.197 e. The number of anilines is 3. The van der Waals surface area contributed by atoms with E-state index in [0.29, 0.717) is 131 Å². The average molecular weight is 903 g/mol. The Labute approximate surface area is 391 Å². The highest BCUT2D eigenvalue weighted by Crippen LogP contribution is 2.40. The molecule has 0 atom stereocenters. The van der Waals surface area contributed by atoms with Crippen LogP contribution in [0.2, 0.25) is 0 Å². The van der Waals surface area contributed by atoms with Crippen molar-refractivity contribution in [3.8, 4) is 0 Å². The summed E-state index contributed by atoms with van der Waals surface area (Å²) in [6.45, 7) is 0. The summed E-state index contributed by atoms with van der Waals surface area (Å²) in [6, 6.07) is 54.8. The van der Waals surface area contributed by atoms with Crippen LogP contribution >= 0.6 is 0 Å². The molecule has 0 aliphatic rings. The maximum atomic E-state index is 14.9. The van der Waals surface area contributed by atoms with Gasteiger partial charge >= 0.3 is 0 Å². The summed E-state index contributed by atoms with van der Waals surface area (Å²) in [7, 11) is 0. The molecule has 0 saturated carbocycles. The van der Waals surface area contributed by atoms with Crippen LogP contribution in [0.5, 0.6) is 0 Å². The van der Waals surface area contributed by atoms with Crippen molar-refractivity contribution in [2.75, 3.05) is 4.90 Å². The first-order valence-corrected chi connectivity index (χ1v) is 22.8. The highest BCUT2D eigenvalue weighted by molar-refractivity contribution is 6.12. The number of hydrogen-bond donors (Lipinski definition) is 0. The van der Waals surface area contributed by atoms with Crippen LogP contribution in [-0.4, -0.2) is 13.2 Å². The molecule has 15 aromatic rings. The Morgan fingerprint density at radius 3 is 0.743 bits per heavy atom. The van der Waals surface area contributed by atoms with E-state index in [4.69, 9.17) is 0 Å². The first-order chi connectivity index (χ1) is 34.3. The summed E-state index contributed by atoms with van der Waals surface area (Å²) >= 11 is 0. The normalized spacial score (nSPS) is 12.3. The summed E-state index contributed by atoms with van der Waals surface area (Å²) in [4.78, 5) is 88.1. The number of benzene rings is 9. The molecular formula is C60H30N4O6. The second kappa shape index (κ2) is 13.4. The van der Waals surface area contributed by atoms with Crippen LogP contribution in [0, 0.1) is 0 Å². The molecule has 0 unspecified atom stereocenters. The van der Waals surface area contributed by atoms with Gasteiger partial charge in [-0.2, -0.15) is 0 Å². The van der Waals surface area contributed by atoms with E-state index in [1.807, 2.05) is 127 Å². The number of pyridine rings is 6. The summed E-state index contributed by atoms with van der Waals surface area (Å²) in [5.74, 6) is 0. The SMILES string of the molecule is O=c1c2ccccc2n2c3ccc(N(c4ccc5c(c4)c(=O)c4cccc6c(=O)c7ccccc7n5c64)c4ccc5c(c4)c(=O)c4cccc6c(=O)c7ccccc7n5c64)cc3c(=O)c3cccc1c32. The van der Waals surface area contributed by atoms with E-state index in [9.17, 15) is 28.8 Å². The van der Waals surface area contributed by atoms with Crippen molar-refractivity contribution in [3.63, 3.8) is 0 Å². The van der Waals surface area contributed by atoms with Crippen molar-refractivity contribution in [2.45, 2.75) is 0 Å². The van der Waals surface area contributed by atoms with Crippen LogP contribution in [0.3, 0.4) is 0 Å². The maximum absolute atomic E-state index is 14.9. The van der Waals surface area contributed by atoms with Crippen LogP contribution in [0.15, 0.2) is 211 Å². The van der Waals surface area contributed by atoms with Crippen molar-refractivity contribution in [1.29, 1.82) is 0 Å². The van der Waals surface area contributed by atoms with E-state index in [1.54, 1.807) is 72.8 Å². The van der Waals surface area contributed by atoms with E-state index < -0.39 is 0 Å². The third kappa shape index (κ3) is 4.75. The molecule has 10 heteroatoms. The Morgan fingerprint density at radius 1 is 0.229 bits per heavy atom. The first-order valence-electron chi connectivity index (χ1n) is 22.8. The quantitative estimate of drug-likeness (QED) is 0.128. The number of hydrogen-bond acceptors (Lipinski definition) is 7. The average Bonchev–Trinajstić information content (AvgIpc) is 3.40. The lowest BCUT2D eigenvalue weighted by Gasteiger charge is -2.27. The van der Waals surface area contributed by atoms with Gasteiger partial charge in [0.1, 0.15) is 0 Å². The Kier molecular flexibility index (Phi) is 7.35. The monoisotopic (exact) mass is 902 g/mol. The number of rotatable bonds is 3. The molecule has 0 fully saturated rings. The highest BCUT2D eigenvalue weighted by atomic mass is 16.1. The summed E-state index contributed by atoms with van der Waals surface area (Å²) in [5, 5.41) is 5.29. The van der Waals surface area contributed by atoms with E-state index in [2.05, 4.69) is 0 Å². The van der Waals surface area contributed by atoms with Crippen LogP contribution < -0.4 is 37.5 Å². The van der Waals surface area contributed by atoms with Gasteiger partial charge in [-0.05, 0) is 127 Å². The van der Waals surface area contributed by atoms with Crippen LogP contribution in [0.25, 0.3) is 114 Å². The van der Waals surface area contributed by atoms with Crippen LogP contribution in [-0.2, 0) is 0 Å². The zero-order valence-electron chi connectivity index (χ0n) is 36.6. The van der Waals surface area contributed by atoms with Gasteiger partial charge in [0.25, 0.3) is 0 Å². The fraction of sp³-hybridized carbons (Fsp3) is 0. The summed E-state index contributed by atoms with van der Waals surface area (Å²) in [6.07, 6.45) is 0. The molecule has 0 radical (unpaired) electrons. The standard InChI is InChI=1S/C60H30N4O6/c65-55-34-10-1-4-19-46(34)62-49-25-22-31(28-43(49)58(68)40-16-7-13-37(55)52(40)62)61(32-23-26-50-44(29-32)59(69)41-17-8-14-38-53(41)63(50)47-20-5-2-11-35(47)56(38)66)33-24-27-51-45(30-33)60(70)42-18-9-15-39-54(42)64(51)48-21-6-3-12-36(48)57(39)67/h1-30H. The van der Waals surface area contributed by atoms with Gasteiger partial charge in [-0.25, -0.2) is 0 Å². The molecule has 0 aliphatic heterocycles. The molecular weight excluding hydrogens is 873 g/mol. The minimum Gasteiger partial charge on any atom is -0.310 e. The molecule has 326 valence electrons. The Balaban J connectivity index is 1.07. The molecule has 6 aromatic heterocycles. The number of fused-ring (bicyclic) bond motifs is 12. The Bertz CT molecular complexity index is 4770. The minimum atomic E-state index is -0.255. The predicted octanol–water partition coefficient (Wildman–Crippen LogP) is 10.8. The van der Waals surface area contributed by atoms with Gasteiger partial charge in [-0.3, -0.25) is 28.8 Å². The van der Waals surface area contributed by atoms with E-state index in [-0.39, 0.29) is 32.6 Å². The molecule has 70 heavy (non-hydrogen) atoms. The zero-order chi connectivity index (χ0) is 46.8. The van der Waals surface area contributed by atoms with Crippen molar-refractivity contribution in [3.05, 3.63) is 243 Å². The molecule has 0 amide bonds. The van der Waals surface area contributed by atoms with Crippen LogP contribution in [0.4, 0.5) is 17.1 Å². The molecule has 9 aromatic carbocycles. The molecule has 15 rings (SSSR count). The lowest BCUT2D eigenvalue weighted by molar-refractivity contribution is 1.26. The first kappa shape index (κ1) is 38.3. The van der Waals surface area contributed by atoms with E-state index >= 15 is 0 Å². The van der Waals surface area contributed by atoms with Crippen molar-refractivity contribution in [1.82, 2.24) is 13.2 Å². The zero-order valence-corrected chi connectivity index (χ0v) is 36.6. The third-order valence-electron chi connectivity index (χ3n) is 14.6. The van der Waals surface area contributed by atoms with Gasteiger partial charge < -0.3 is 18.1 Å². The van der Waals surface area contributed by atoms with Gasteiger partial charge in [-0.15, -0.1) is 0 Å². The fourth-order valence-corrected chi connectivity index (χ4v) is 11.6. The second-order valence-electron chi connectivity index (χ2n) is 18.1. The van der Waals surface area contributed by atoms with Crippen molar-refractivity contribution >= 4 is 131 Å². The highest BCUT2D eigenvalue weighted by Gasteiger charge is 2.24. The summed E-state index contributed by atoms with van der Waals surface area (Å²) in [5.41, 5.74) is 5.92. The summed E-state index contributed by atoms with van der Waals surface area (Å²) < 4.78 is 5.96. The lowest BCUT2D eigenvalue weighted by atomic mass is 10.0. The molecule has 0 spiro atoms. The van der Waals surface area contributed by atoms with Crippen molar-refractivity contribution in [2.24, 2.45) is 0 Å². The van der Waals surface area contributed by atoms with Gasteiger partial charge in [0.2, 0.25) is 0 Å². The molecule has 0 saturated heterocycles. The molecule has 0 bridgehead atoms. The number of para-hydroxylation sites is 6. The largest absolute Gasteiger partial charge is 0.310 e. The number of aromatic nitrogens is 3. The topological polar surface area (TPSA) is 119 Å². The Hall–Kier alpha value is -9.80. The van der Waals surface area contributed by atoms with Gasteiger partial charge in [-0.1, -0.05) is 54.6 Å². The molecule has 0 aliphatic carbocycles. The second-order valence-corrected chi connectivity index (χ2v) is 18.1. The fourth-order valence-electron chi connectivity index (χ4n) is 11.6. The number of nitrogens with zero attached hydrogens (tertiary/aromatic N) is 4. The van der Waals surface area contributed by atoms with Gasteiger partial charge in [0.15, 0.2) is 32.6 Å². The Morgan fingerprint density at radius 2 is 0.457 bits per heavy atom. The van der Waals surface area contributed by atoms with Crippen molar-refractivity contribution < 1.29 is 0 Å². The maximum Gasteiger partial charge on any atom is 0.197 e. The third-order valence-corrected chi connectivity index (χ3v) is 14.6. The van der Waals surface area contributed by atoms with Gasteiger partial charge in [0.05, 0.1) is 49.7 Å². The van der Waals surface area contributed by atoms with E-state index in [1.165, 1.54) is 0 Å². The lowest BCUT2D eigenvalue weighted by Crippen LogP contribution is -2.17. The van der Waals surface area contributed by atoms with Gasteiger partial charge in [0, 0.05) is 81.7 Å². The molecule has 0 N–H and O–H groups in total. The minimum absolute atomic E-state index is 0.149. The predicted molar refractivity (Wildman–Crippen MR) is 283 cm³/mol. The van der Waals surface area contributed by atoms with Crippen LogP contribution in [0.1, 0.15) is 0 Å². The molecule has 10 nitrogen and oxygen atoms in total.